The third-order valence-electron chi connectivity index (χ3n) is 5.72. The van der Waals surface area contributed by atoms with Crippen LogP contribution in [0, 0.1) is 19.3 Å². The summed E-state index contributed by atoms with van der Waals surface area (Å²) < 4.78 is 47.5. The third kappa shape index (κ3) is 6.22. The highest BCUT2D eigenvalue weighted by atomic mass is 32.2. The van der Waals surface area contributed by atoms with E-state index in [4.69, 9.17) is 20.6 Å². The maximum atomic E-state index is 13.5. The minimum atomic E-state index is -4.24. The highest BCUT2D eigenvalue weighted by Gasteiger charge is 2.26. The molecule has 1 aromatic carbocycles. The molecule has 0 saturated heterocycles. The third-order valence-corrected chi connectivity index (χ3v) is 6.97. The molecule has 11 nitrogen and oxygen atoms in total. The van der Waals surface area contributed by atoms with Crippen molar-refractivity contribution >= 4 is 15.8 Å². The predicted octanol–water partition coefficient (Wildman–Crippen LogP) is 4.11. The Morgan fingerprint density at radius 1 is 1.12 bits per heavy atom. The summed E-state index contributed by atoms with van der Waals surface area (Å²) in [7, 11) is -2.77. The number of anilines is 1. The molecular weight excluding hydrogens is 534 g/mol. The van der Waals surface area contributed by atoms with Crippen LogP contribution in [-0.4, -0.2) is 42.3 Å². The fourth-order valence-electron chi connectivity index (χ4n) is 3.56. The van der Waals surface area contributed by atoms with Crippen molar-refractivity contribution in [2.24, 2.45) is 0 Å². The van der Waals surface area contributed by atoms with Crippen LogP contribution in [0.5, 0.6) is 23.1 Å². The molecule has 3 heterocycles. The van der Waals surface area contributed by atoms with Crippen molar-refractivity contribution in [1.82, 2.24) is 15.0 Å². The molecule has 0 atom stereocenters. The average molecular weight is 563 g/mol. The number of aromatic nitrogens is 4. The molecular formula is C28H28N5O6S+. The lowest BCUT2D eigenvalue weighted by molar-refractivity contribution is -0.908. The lowest BCUT2D eigenvalue weighted by Gasteiger charge is -2.17. The number of methoxy groups -OCH3 is 1. The Morgan fingerprint density at radius 2 is 1.88 bits per heavy atom. The van der Waals surface area contributed by atoms with Gasteiger partial charge >= 0.3 is 0 Å². The molecule has 206 valence electrons. The SMILES string of the molecule is C#CCOc1nc(-c2cc[n+](O)c(C)c2)nc(NS(=O)(=O)c2ccc(C(C)C)cn2)c1Oc1ccccc1OC. The fourth-order valence-corrected chi connectivity index (χ4v) is 4.50. The Bertz CT molecular complexity index is 1670. The maximum Gasteiger partial charge on any atom is 0.280 e. The molecule has 0 radical (unpaired) electrons. The number of terminal acetylenes is 1. The van der Waals surface area contributed by atoms with Gasteiger partial charge in [-0.05, 0) is 29.7 Å². The van der Waals surface area contributed by atoms with Crippen LogP contribution in [0.25, 0.3) is 11.4 Å². The maximum absolute atomic E-state index is 13.5. The summed E-state index contributed by atoms with van der Waals surface area (Å²) >= 11 is 0. The fraction of sp³-hybridized carbons (Fsp3) is 0.214. The standard InChI is InChI=1S/C28H28N5O6S/c1-6-15-38-28-25(39-23-10-8-7-9-22(23)37-5)27(30-26(31-28)20-13-14-33(34)19(4)16-20)32-40(35,36)24-12-11-21(17-29-24)18(2)3/h1,7-14,16-18,34H,15H2,2-5H3,(H,30,31,32)/q+1. The summed E-state index contributed by atoms with van der Waals surface area (Å²) in [5, 5.41) is 9.69. The quantitative estimate of drug-likeness (QED) is 0.166. The van der Waals surface area contributed by atoms with E-state index in [1.54, 1.807) is 49.4 Å². The molecule has 0 saturated carbocycles. The van der Waals surface area contributed by atoms with Gasteiger partial charge in [0.05, 0.1) is 7.11 Å². The van der Waals surface area contributed by atoms with Crippen LogP contribution in [0.1, 0.15) is 31.0 Å². The monoisotopic (exact) mass is 562 g/mol. The number of benzene rings is 1. The van der Waals surface area contributed by atoms with Crippen LogP contribution >= 0.6 is 0 Å². The Kier molecular flexibility index (Phi) is 8.35. The minimum absolute atomic E-state index is 0.0870. The summed E-state index contributed by atoms with van der Waals surface area (Å²) in [6, 6.07) is 13.1. The van der Waals surface area contributed by atoms with E-state index in [0.717, 1.165) is 10.3 Å². The van der Waals surface area contributed by atoms with Crippen molar-refractivity contribution < 1.29 is 32.6 Å². The summed E-state index contributed by atoms with van der Waals surface area (Å²) in [5.41, 5.74) is 1.84. The zero-order valence-electron chi connectivity index (χ0n) is 22.3. The summed E-state index contributed by atoms with van der Waals surface area (Å²) in [6.07, 6.45) is 8.34. The smallest absolute Gasteiger partial charge is 0.280 e. The molecule has 12 heteroatoms. The predicted molar refractivity (Wildman–Crippen MR) is 146 cm³/mol. The number of nitrogens with zero attached hydrogens (tertiary/aromatic N) is 4. The van der Waals surface area contributed by atoms with Crippen molar-refractivity contribution in [1.29, 1.82) is 0 Å². The van der Waals surface area contributed by atoms with Crippen molar-refractivity contribution in [3.05, 3.63) is 72.2 Å². The van der Waals surface area contributed by atoms with E-state index in [-0.39, 0.29) is 46.6 Å². The van der Waals surface area contributed by atoms with E-state index in [1.165, 1.54) is 25.6 Å². The van der Waals surface area contributed by atoms with Gasteiger partial charge in [0.15, 0.2) is 34.8 Å². The van der Waals surface area contributed by atoms with Gasteiger partial charge in [0.2, 0.25) is 17.6 Å². The molecule has 4 aromatic rings. The number of aryl methyl sites for hydroxylation is 1. The number of hydrogen-bond acceptors (Lipinski definition) is 9. The molecule has 0 aliphatic rings. The minimum Gasteiger partial charge on any atom is -0.493 e. The lowest BCUT2D eigenvalue weighted by atomic mass is 10.1. The van der Waals surface area contributed by atoms with Crippen LogP contribution in [0.3, 0.4) is 0 Å². The zero-order valence-corrected chi connectivity index (χ0v) is 23.1. The van der Waals surface area contributed by atoms with Gasteiger partial charge in [-0.1, -0.05) is 38.0 Å². The number of ether oxygens (including phenoxy) is 3. The lowest BCUT2D eigenvalue weighted by Crippen LogP contribution is -2.32. The second-order valence-corrected chi connectivity index (χ2v) is 10.5. The highest BCUT2D eigenvalue weighted by molar-refractivity contribution is 7.92. The van der Waals surface area contributed by atoms with E-state index in [0.29, 0.717) is 17.0 Å². The normalized spacial score (nSPS) is 11.1. The van der Waals surface area contributed by atoms with Crippen LogP contribution < -0.4 is 23.7 Å². The molecule has 2 N–H and O–H groups in total. The molecule has 0 fully saturated rings. The summed E-state index contributed by atoms with van der Waals surface area (Å²) in [6.45, 7) is 5.45. The first-order valence-electron chi connectivity index (χ1n) is 12.1. The number of hydrogen-bond donors (Lipinski definition) is 2. The number of rotatable bonds is 10. The number of sulfonamides is 1. The van der Waals surface area contributed by atoms with Gasteiger partial charge in [-0.3, -0.25) is 9.93 Å². The molecule has 0 bridgehead atoms. The molecule has 40 heavy (non-hydrogen) atoms. The summed E-state index contributed by atoms with van der Waals surface area (Å²) in [4.78, 5) is 13.1. The van der Waals surface area contributed by atoms with Gasteiger partial charge < -0.3 is 14.2 Å². The molecule has 0 amide bonds. The van der Waals surface area contributed by atoms with Gasteiger partial charge in [-0.25, -0.2) is 9.97 Å². The molecule has 4 rings (SSSR count). The Morgan fingerprint density at radius 3 is 2.50 bits per heavy atom. The molecule has 0 unspecified atom stereocenters. The summed E-state index contributed by atoms with van der Waals surface area (Å²) in [5.74, 6) is 2.77. The van der Waals surface area contributed by atoms with Crippen molar-refractivity contribution in [2.75, 3.05) is 18.4 Å². The van der Waals surface area contributed by atoms with Crippen molar-refractivity contribution in [3.8, 4) is 46.9 Å². The average Bonchev–Trinajstić information content (AvgIpc) is 2.94. The van der Waals surface area contributed by atoms with Crippen LogP contribution in [0.15, 0.2) is 66.0 Å². The van der Waals surface area contributed by atoms with Crippen LogP contribution in [0.4, 0.5) is 5.82 Å². The van der Waals surface area contributed by atoms with E-state index in [9.17, 15) is 13.6 Å². The topological polar surface area (TPSA) is 137 Å². The Hall–Kier alpha value is -4.89. The van der Waals surface area contributed by atoms with Gasteiger partial charge in [0.25, 0.3) is 15.9 Å². The van der Waals surface area contributed by atoms with Crippen molar-refractivity contribution in [3.63, 3.8) is 0 Å². The first-order chi connectivity index (χ1) is 19.1. The van der Waals surface area contributed by atoms with Crippen molar-refractivity contribution in [2.45, 2.75) is 31.7 Å². The van der Waals surface area contributed by atoms with E-state index < -0.39 is 10.0 Å². The number of nitrogens with one attached hydrogen (secondary N) is 1. The Balaban J connectivity index is 1.89. The van der Waals surface area contributed by atoms with Gasteiger partial charge in [0, 0.05) is 35.5 Å². The van der Waals surface area contributed by atoms with Gasteiger partial charge in [-0.2, -0.15) is 13.4 Å². The van der Waals surface area contributed by atoms with E-state index >= 15 is 0 Å². The Labute approximate surface area is 232 Å². The first kappa shape index (κ1) is 28.1. The molecule has 0 aliphatic heterocycles. The molecule has 0 spiro atoms. The van der Waals surface area contributed by atoms with E-state index in [2.05, 4.69) is 25.6 Å². The second kappa shape index (κ2) is 11.9. The zero-order chi connectivity index (χ0) is 28.9. The van der Waals surface area contributed by atoms with Gasteiger partial charge in [0.1, 0.15) is 0 Å². The molecule has 0 aliphatic carbocycles. The largest absolute Gasteiger partial charge is 0.493 e. The van der Waals surface area contributed by atoms with Crippen LogP contribution in [-0.2, 0) is 10.0 Å². The highest BCUT2D eigenvalue weighted by Crippen LogP contribution is 2.41. The molecule has 3 aromatic heterocycles. The number of pyridine rings is 2. The van der Waals surface area contributed by atoms with E-state index in [1.807, 2.05) is 13.8 Å². The van der Waals surface area contributed by atoms with Gasteiger partial charge in [-0.15, -0.1) is 6.42 Å². The first-order valence-corrected chi connectivity index (χ1v) is 13.6. The number of para-hydroxylation sites is 2. The van der Waals surface area contributed by atoms with Crippen LogP contribution in [0.2, 0.25) is 0 Å². The second-order valence-electron chi connectivity index (χ2n) is 8.87.